The van der Waals surface area contributed by atoms with Gasteiger partial charge in [-0.2, -0.15) is 0 Å². The summed E-state index contributed by atoms with van der Waals surface area (Å²) in [5.74, 6) is 0.180. The molecule has 2 aromatic rings. The van der Waals surface area contributed by atoms with E-state index < -0.39 is 6.04 Å². The van der Waals surface area contributed by atoms with Gasteiger partial charge in [0.2, 0.25) is 5.91 Å². The Morgan fingerprint density at radius 1 is 1.12 bits per heavy atom. The summed E-state index contributed by atoms with van der Waals surface area (Å²) in [5.41, 5.74) is 1.99. The summed E-state index contributed by atoms with van der Waals surface area (Å²) in [6.45, 7) is 1.77. The molecule has 0 spiro atoms. The van der Waals surface area contributed by atoms with E-state index in [1.54, 1.807) is 31.6 Å². The van der Waals surface area contributed by atoms with Crippen LogP contribution in [0.25, 0.3) is 0 Å². The fourth-order valence-corrected chi connectivity index (χ4v) is 2.57. The molecule has 26 heavy (non-hydrogen) atoms. The van der Waals surface area contributed by atoms with Crippen LogP contribution < -0.4 is 10.1 Å². The van der Waals surface area contributed by atoms with Crippen LogP contribution in [-0.4, -0.2) is 30.6 Å². The van der Waals surface area contributed by atoms with Crippen LogP contribution in [0.15, 0.2) is 48.8 Å². The Morgan fingerprint density at radius 2 is 1.81 bits per heavy atom. The SMILES string of the molecule is COc1ccc(C(CC(=O)OCCCc2ccncc2)NC(C)=O)cc1. The standard InChI is InChI=1S/C20H24N2O4/c1-15(23)22-19(17-5-7-18(25-2)8-6-17)14-20(24)26-13-3-4-16-9-11-21-12-10-16/h5-12,19H,3-4,13-14H2,1-2H3,(H,22,23). The van der Waals surface area contributed by atoms with Crippen molar-refractivity contribution in [2.24, 2.45) is 0 Å². The summed E-state index contributed by atoms with van der Waals surface area (Å²) in [7, 11) is 1.59. The van der Waals surface area contributed by atoms with Crippen LogP contribution >= 0.6 is 0 Å². The number of ether oxygens (including phenoxy) is 2. The van der Waals surface area contributed by atoms with Crippen molar-refractivity contribution in [3.05, 3.63) is 59.9 Å². The lowest BCUT2D eigenvalue weighted by atomic mass is 10.0. The molecule has 0 aliphatic heterocycles. The fraction of sp³-hybridized carbons (Fsp3) is 0.350. The van der Waals surface area contributed by atoms with E-state index in [0.29, 0.717) is 12.4 Å². The van der Waals surface area contributed by atoms with E-state index in [9.17, 15) is 9.59 Å². The number of hydrogen-bond donors (Lipinski definition) is 1. The molecule has 0 aliphatic carbocycles. The largest absolute Gasteiger partial charge is 0.497 e. The Balaban J connectivity index is 1.84. The molecule has 1 heterocycles. The number of methoxy groups -OCH3 is 1. The number of pyridine rings is 1. The molecule has 1 N–H and O–H groups in total. The highest BCUT2D eigenvalue weighted by Crippen LogP contribution is 2.21. The molecule has 138 valence electrons. The van der Waals surface area contributed by atoms with Crippen LogP contribution in [0.1, 0.15) is 36.9 Å². The highest BCUT2D eigenvalue weighted by atomic mass is 16.5. The molecule has 0 saturated heterocycles. The number of nitrogens with zero attached hydrogens (tertiary/aromatic N) is 1. The van der Waals surface area contributed by atoms with Crippen LogP contribution in [0.3, 0.4) is 0 Å². The summed E-state index contributed by atoms with van der Waals surface area (Å²) in [5, 5.41) is 2.79. The first-order chi connectivity index (χ1) is 12.6. The third-order valence-corrected chi connectivity index (χ3v) is 3.89. The number of benzene rings is 1. The molecule has 6 heteroatoms. The van der Waals surface area contributed by atoms with E-state index in [1.807, 2.05) is 24.3 Å². The van der Waals surface area contributed by atoms with Crippen LogP contribution in [0.2, 0.25) is 0 Å². The number of carbonyl (C=O) groups is 2. The molecule has 0 aliphatic rings. The summed E-state index contributed by atoms with van der Waals surface area (Å²) < 4.78 is 10.4. The molecule has 0 fully saturated rings. The van der Waals surface area contributed by atoms with Gasteiger partial charge in [0, 0.05) is 19.3 Å². The molecule has 1 atom stereocenters. The smallest absolute Gasteiger partial charge is 0.308 e. The van der Waals surface area contributed by atoms with Gasteiger partial charge in [-0.25, -0.2) is 0 Å². The Kier molecular flexibility index (Phi) is 7.61. The number of amides is 1. The minimum atomic E-state index is -0.425. The lowest BCUT2D eigenvalue weighted by Gasteiger charge is -2.18. The zero-order chi connectivity index (χ0) is 18.8. The van der Waals surface area contributed by atoms with Crippen molar-refractivity contribution in [1.29, 1.82) is 0 Å². The Morgan fingerprint density at radius 3 is 2.42 bits per heavy atom. The number of hydrogen-bond acceptors (Lipinski definition) is 5. The summed E-state index contributed by atoms with van der Waals surface area (Å²) in [4.78, 5) is 27.6. The fourth-order valence-electron chi connectivity index (χ4n) is 2.57. The van der Waals surface area contributed by atoms with Crippen LogP contribution in [0.4, 0.5) is 0 Å². The predicted octanol–water partition coefficient (Wildman–Crippen LogP) is 2.83. The van der Waals surface area contributed by atoms with Gasteiger partial charge in [0.1, 0.15) is 5.75 Å². The first-order valence-electron chi connectivity index (χ1n) is 8.54. The molecular weight excluding hydrogens is 332 g/mol. The van der Waals surface area contributed by atoms with Crippen molar-refractivity contribution in [3.8, 4) is 5.75 Å². The second-order valence-corrected chi connectivity index (χ2v) is 5.91. The van der Waals surface area contributed by atoms with Crippen molar-refractivity contribution in [2.45, 2.75) is 32.2 Å². The maximum atomic E-state index is 12.1. The van der Waals surface area contributed by atoms with Gasteiger partial charge in [-0.1, -0.05) is 12.1 Å². The molecule has 0 saturated carbocycles. The number of carbonyl (C=O) groups excluding carboxylic acids is 2. The van der Waals surface area contributed by atoms with Gasteiger partial charge in [0.05, 0.1) is 26.2 Å². The highest BCUT2D eigenvalue weighted by Gasteiger charge is 2.18. The first kappa shape index (κ1) is 19.4. The highest BCUT2D eigenvalue weighted by molar-refractivity contribution is 5.76. The summed E-state index contributed by atoms with van der Waals surface area (Å²) in [6, 6.07) is 10.7. The number of aromatic nitrogens is 1. The number of esters is 1. The molecule has 1 aromatic carbocycles. The van der Waals surface area contributed by atoms with Gasteiger partial charge in [0.25, 0.3) is 0 Å². The number of aryl methyl sites for hydroxylation is 1. The van der Waals surface area contributed by atoms with Crippen molar-refractivity contribution in [1.82, 2.24) is 10.3 Å². The predicted molar refractivity (Wildman–Crippen MR) is 97.7 cm³/mol. The van der Waals surface area contributed by atoms with Crippen molar-refractivity contribution in [3.63, 3.8) is 0 Å². The molecule has 1 aromatic heterocycles. The lowest BCUT2D eigenvalue weighted by molar-refractivity contribution is -0.144. The van der Waals surface area contributed by atoms with E-state index >= 15 is 0 Å². The third kappa shape index (κ3) is 6.55. The lowest BCUT2D eigenvalue weighted by Crippen LogP contribution is -2.28. The molecule has 6 nitrogen and oxygen atoms in total. The second kappa shape index (κ2) is 10.2. The van der Waals surface area contributed by atoms with Gasteiger partial charge >= 0.3 is 5.97 Å². The normalized spacial score (nSPS) is 11.5. The first-order valence-corrected chi connectivity index (χ1v) is 8.54. The van der Waals surface area contributed by atoms with Crippen LogP contribution in [0, 0.1) is 0 Å². The van der Waals surface area contributed by atoms with E-state index in [4.69, 9.17) is 9.47 Å². The van der Waals surface area contributed by atoms with E-state index in [0.717, 1.165) is 24.0 Å². The van der Waals surface area contributed by atoms with Crippen LogP contribution in [-0.2, 0) is 20.7 Å². The monoisotopic (exact) mass is 356 g/mol. The molecule has 1 amide bonds. The van der Waals surface area contributed by atoms with Gasteiger partial charge < -0.3 is 14.8 Å². The number of rotatable bonds is 9. The minimum absolute atomic E-state index is 0.0845. The Labute approximate surface area is 153 Å². The summed E-state index contributed by atoms with van der Waals surface area (Å²) >= 11 is 0. The van der Waals surface area contributed by atoms with E-state index in [-0.39, 0.29) is 18.3 Å². The quantitative estimate of drug-likeness (QED) is 0.552. The van der Waals surface area contributed by atoms with Crippen molar-refractivity contribution >= 4 is 11.9 Å². The van der Waals surface area contributed by atoms with Gasteiger partial charge in [0.15, 0.2) is 0 Å². The van der Waals surface area contributed by atoms with Crippen molar-refractivity contribution in [2.75, 3.05) is 13.7 Å². The zero-order valence-electron chi connectivity index (χ0n) is 15.1. The second-order valence-electron chi connectivity index (χ2n) is 5.91. The van der Waals surface area contributed by atoms with Crippen molar-refractivity contribution < 1.29 is 19.1 Å². The van der Waals surface area contributed by atoms with Crippen LogP contribution in [0.5, 0.6) is 5.75 Å². The van der Waals surface area contributed by atoms with E-state index in [2.05, 4.69) is 10.3 Å². The van der Waals surface area contributed by atoms with Gasteiger partial charge in [-0.15, -0.1) is 0 Å². The Hall–Kier alpha value is -2.89. The molecule has 0 radical (unpaired) electrons. The minimum Gasteiger partial charge on any atom is -0.497 e. The average Bonchev–Trinajstić information content (AvgIpc) is 2.65. The third-order valence-electron chi connectivity index (χ3n) is 3.89. The molecular formula is C20H24N2O4. The van der Waals surface area contributed by atoms with Gasteiger partial charge in [-0.3, -0.25) is 14.6 Å². The number of nitrogens with one attached hydrogen (secondary N) is 1. The average molecular weight is 356 g/mol. The molecule has 1 unspecified atom stereocenters. The van der Waals surface area contributed by atoms with Gasteiger partial charge in [-0.05, 0) is 48.2 Å². The van der Waals surface area contributed by atoms with E-state index in [1.165, 1.54) is 6.92 Å². The Bertz CT molecular complexity index is 702. The molecule has 2 rings (SSSR count). The maximum Gasteiger partial charge on any atom is 0.308 e. The topological polar surface area (TPSA) is 77.5 Å². The molecule has 0 bridgehead atoms. The maximum absolute atomic E-state index is 12.1. The summed E-state index contributed by atoms with van der Waals surface area (Å²) in [6.07, 6.45) is 5.14. The zero-order valence-corrected chi connectivity index (χ0v) is 15.1.